The number of ether oxygens (including phenoxy) is 1. The van der Waals surface area contributed by atoms with Crippen LogP contribution in [0.2, 0.25) is 0 Å². The van der Waals surface area contributed by atoms with E-state index >= 15 is 0 Å². The lowest BCUT2D eigenvalue weighted by atomic mass is 10.2. The number of benzene rings is 1. The lowest BCUT2D eigenvalue weighted by molar-refractivity contribution is 0.106. The van der Waals surface area contributed by atoms with Crippen LogP contribution in [0, 0.1) is 0 Å². The molecule has 0 fully saturated rings. The number of aromatic nitrogens is 3. The van der Waals surface area contributed by atoms with Crippen molar-refractivity contribution in [3.63, 3.8) is 0 Å². The Morgan fingerprint density at radius 3 is 2.74 bits per heavy atom. The molecule has 3 rings (SSSR count). The third-order valence-corrected chi connectivity index (χ3v) is 2.81. The maximum absolute atomic E-state index is 5.74. The molecule has 0 spiro atoms. The van der Waals surface area contributed by atoms with Gasteiger partial charge in [0.2, 0.25) is 5.88 Å². The fourth-order valence-electron chi connectivity index (χ4n) is 1.89. The van der Waals surface area contributed by atoms with Crippen LogP contribution in [0.1, 0.15) is 5.56 Å². The Kier molecular flexibility index (Phi) is 3.02. The molecule has 5 heteroatoms. The van der Waals surface area contributed by atoms with Crippen molar-refractivity contribution < 1.29 is 9.57 Å². The first-order valence-electron chi connectivity index (χ1n) is 5.92. The Bertz CT molecular complexity index is 679. The van der Waals surface area contributed by atoms with Crippen molar-refractivity contribution in [2.75, 3.05) is 7.11 Å². The normalized spacial score (nSPS) is 10.6. The fraction of sp³-hybridized carbons (Fsp3) is 0.143. The highest BCUT2D eigenvalue weighted by Gasteiger charge is 2.10. The van der Waals surface area contributed by atoms with Crippen molar-refractivity contribution >= 4 is 11.0 Å². The zero-order chi connectivity index (χ0) is 13.1. The quantitative estimate of drug-likeness (QED) is 0.716. The molecule has 2 heterocycles. The number of nitrogens with zero attached hydrogens (tertiary/aromatic N) is 3. The number of methoxy groups -OCH3 is 1. The SMILES string of the molecule is COc1ncnc2ccn(OCc3ccccc3)c12. The van der Waals surface area contributed by atoms with Gasteiger partial charge < -0.3 is 9.57 Å². The zero-order valence-corrected chi connectivity index (χ0v) is 10.5. The van der Waals surface area contributed by atoms with Crippen LogP contribution in [0.25, 0.3) is 11.0 Å². The largest absolute Gasteiger partial charge is 0.479 e. The van der Waals surface area contributed by atoms with E-state index in [0.717, 1.165) is 16.6 Å². The van der Waals surface area contributed by atoms with Gasteiger partial charge in [0.1, 0.15) is 12.9 Å². The molecular weight excluding hydrogens is 242 g/mol. The summed E-state index contributed by atoms with van der Waals surface area (Å²) in [5.41, 5.74) is 2.63. The average Bonchev–Trinajstić information content (AvgIpc) is 2.89. The molecule has 0 atom stereocenters. The number of rotatable bonds is 4. The van der Waals surface area contributed by atoms with Crippen molar-refractivity contribution in [2.24, 2.45) is 0 Å². The standard InChI is InChI=1S/C14H13N3O2/c1-18-14-13-12(15-10-16-14)7-8-17(13)19-9-11-5-3-2-4-6-11/h2-8,10H,9H2,1H3. The average molecular weight is 255 g/mol. The van der Waals surface area contributed by atoms with Crippen LogP contribution in [0.15, 0.2) is 48.9 Å². The summed E-state index contributed by atoms with van der Waals surface area (Å²) in [6.07, 6.45) is 3.29. The first kappa shape index (κ1) is 11.5. The second-order valence-electron chi connectivity index (χ2n) is 4.02. The van der Waals surface area contributed by atoms with E-state index in [-0.39, 0.29) is 0 Å². The highest BCUT2D eigenvalue weighted by molar-refractivity contribution is 5.79. The predicted octanol–water partition coefficient (Wildman–Crippen LogP) is 2.07. The lowest BCUT2D eigenvalue weighted by Gasteiger charge is -2.09. The fourth-order valence-corrected chi connectivity index (χ4v) is 1.89. The maximum Gasteiger partial charge on any atom is 0.244 e. The Hall–Kier alpha value is -2.56. The van der Waals surface area contributed by atoms with Gasteiger partial charge in [0, 0.05) is 6.20 Å². The van der Waals surface area contributed by atoms with E-state index in [0.29, 0.717) is 12.5 Å². The van der Waals surface area contributed by atoms with Gasteiger partial charge >= 0.3 is 0 Å². The molecule has 19 heavy (non-hydrogen) atoms. The topological polar surface area (TPSA) is 49.2 Å². The zero-order valence-electron chi connectivity index (χ0n) is 10.5. The summed E-state index contributed by atoms with van der Waals surface area (Å²) in [7, 11) is 1.58. The minimum atomic E-state index is 0.475. The summed E-state index contributed by atoms with van der Waals surface area (Å²) in [6, 6.07) is 11.8. The molecule has 0 aliphatic rings. The summed E-state index contributed by atoms with van der Waals surface area (Å²) in [5.74, 6) is 0.503. The van der Waals surface area contributed by atoms with E-state index in [2.05, 4.69) is 9.97 Å². The number of hydrogen-bond acceptors (Lipinski definition) is 4. The first-order valence-corrected chi connectivity index (χ1v) is 5.92. The summed E-state index contributed by atoms with van der Waals surface area (Å²) < 4.78 is 6.87. The van der Waals surface area contributed by atoms with E-state index in [1.807, 2.05) is 42.6 Å². The molecule has 0 aliphatic heterocycles. The van der Waals surface area contributed by atoms with Gasteiger partial charge in [-0.3, -0.25) is 0 Å². The molecule has 0 radical (unpaired) electrons. The van der Waals surface area contributed by atoms with Crippen molar-refractivity contribution in [1.82, 2.24) is 14.7 Å². The van der Waals surface area contributed by atoms with E-state index in [4.69, 9.17) is 9.57 Å². The third-order valence-electron chi connectivity index (χ3n) is 2.81. The van der Waals surface area contributed by atoms with E-state index < -0.39 is 0 Å². The minimum absolute atomic E-state index is 0.475. The van der Waals surface area contributed by atoms with Crippen LogP contribution in [0.5, 0.6) is 5.88 Å². The molecule has 2 aromatic heterocycles. The van der Waals surface area contributed by atoms with Crippen molar-refractivity contribution in [2.45, 2.75) is 6.61 Å². The molecule has 1 aromatic carbocycles. The molecule has 0 N–H and O–H groups in total. The molecular formula is C14H13N3O2. The van der Waals surface area contributed by atoms with Gasteiger partial charge in [-0.1, -0.05) is 30.3 Å². The molecule has 5 nitrogen and oxygen atoms in total. The molecule has 0 amide bonds. The Morgan fingerprint density at radius 2 is 1.95 bits per heavy atom. The van der Waals surface area contributed by atoms with Crippen LogP contribution in [0.3, 0.4) is 0 Å². The summed E-state index contributed by atoms with van der Waals surface area (Å²) in [6.45, 7) is 0.475. The highest BCUT2D eigenvalue weighted by atomic mass is 16.7. The van der Waals surface area contributed by atoms with Gasteiger partial charge in [0.25, 0.3) is 0 Å². The van der Waals surface area contributed by atoms with E-state index in [9.17, 15) is 0 Å². The molecule has 0 aliphatic carbocycles. The second kappa shape index (κ2) is 4.97. The lowest BCUT2D eigenvalue weighted by Crippen LogP contribution is -2.10. The van der Waals surface area contributed by atoms with Crippen LogP contribution in [-0.2, 0) is 6.61 Å². The Balaban J connectivity index is 1.89. The summed E-state index contributed by atoms with van der Waals surface area (Å²) >= 11 is 0. The summed E-state index contributed by atoms with van der Waals surface area (Å²) in [5, 5.41) is 0. The molecule has 0 bridgehead atoms. The van der Waals surface area contributed by atoms with Crippen molar-refractivity contribution in [3.8, 4) is 5.88 Å². The number of fused-ring (bicyclic) bond motifs is 1. The molecule has 0 saturated heterocycles. The third kappa shape index (κ3) is 2.22. The van der Waals surface area contributed by atoms with Crippen molar-refractivity contribution in [1.29, 1.82) is 0 Å². The minimum Gasteiger partial charge on any atom is -0.479 e. The van der Waals surface area contributed by atoms with Gasteiger partial charge in [-0.15, -0.1) is 0 Å². The first-order chi connectivity index (χ1) is 9.38. The van der Waals surface area contributed by atoms with Gasteiger partial charge in [0.05, 0.1) is 12.6 Å². The molecule has 3 aromatic rings. The van der Waals surface area contributed by atoms with Crippen LogP contribution in [-0.4, -0.2) is 21.8 Å². The highest BCUT2D eigenvalue weighted by Crippen LogP contribution is 2.21. The van der Waals surface area contributed by atoms with Gasteiger partial charge in [-0.25, -0.2) is 4.98 Å². The molecule has 0 saturated carbocycles. The molecule has 0 unspecified atom stereocenters. The molecule has 96 valence electrons. The second-order valence-corrected chi connectivity index (χ2v) is 4.02. The predicted molar refractivity (Wildman–Crippen MR) is 70.8 cm³/mol. The smallest absolute Gasteiger partial charge is 0.244 e. The Morgan fingerprint density at radius 1 is 1.11 bits per heavy atom. The Labute approximate surface area is 110 Å². The van der Waals surface area contributed by atoms with Gasteiger partial charge in [0.15, 0.2) is 5.52 Å². The summed E-state index contributed by atoms with van der Waals surface area (Å²) in [4.78, 5) is 14.0. The van der Waals surface area contributed by atoms with Crippen LogP contribution in [0.4, 0.5) is 0 Å². The van der Waals surface area contributed by atoms with E-state index in [1.54, 1.807) is 11.8 Å². The van der Waals surface area contributed by atoms with Gasteiger partial charge in [-0.2, -0.15) is 9.71 Å². The van der Waals surface area contributed by atoms with Crippen LogP contribution >= 0.6 is 0 Å². The van der Waals surface area contributed by atoms with E-state index in [1.165, 1.54) is 6.33 Å². The van der Waals surface area contributed by atoms with Gasteiger partial charge in [-0.05, 0) is 11.6 Å². The van der Waals surface area contributed by atoms with Crippen LogP contribution < -0.4 is 9.57 Å². The number of hydrogen-bond donors (Lipinski definition) is 0. The van der Waals surface area contributed by atoms with Crippen molar-refractivity contribution in [3.05, 3.63) is 54.5 Å². The maximum atomic E-state index is 5.74. The monoisotopic (exact) mass is 255 g/mol.